The molecule has 1 atom stereocenters. The molecule has 1 aromatic carbocycles. The third-order valence-corrected chi connectivity index (χ3v) is 3.15. The van der Waals surface area contributed by atoms with E-state index in [2.05, 4.69) is 28.6 Å². The van der Waals surface area contributed by atoms with Gasteiger partial charge in [0.1, 0.15) is 5.75 Å². The minimum Gasteiger partial charge on any atom is -0.494 e. The van der Waals surface area contributed by atoms with E-state index in [1.165, 1.54) is 5.56 Å². The van der Waals surface area contributed by atoms with Gasteiger partial charge in [-0.2, -0.15) is 0 Å². The van der Waals surface area contributed by atoms with E-state index in [-0.39, 0.29) is 6.04 Å². The quantitative estimate of drug-likeness (QED) is 0.615. The molecule has 0 bridgehead atoms. The standard InChI is InChI=1S/C14H20BrNO/c1-3-4-5-8-17-13-6-7-14(15)12(10-13)9-11(2)16/h3,6-7,10-11H,1,4-5,8-9,16H2,2H3. The van der Waals surface area contributed by atoms with Crippen LogP contribution in [0.15, 0.2) is 35.3 Å². The molecule has 2 N–H and O–H groups in total. The Morgan fingerprint density at radius 1 is 1.53 bits per heavy atom. The molecule has 1 rings (SSSR count). The molecule has 1 unspecified atom stereocenters. The average molecular weight is 298 g/mol. The Kier molecular flexibility index (Phi) is 6.30. The van der Waals surface area contributed by atoms with Crippen LogP contribution in [-0.2, 0) is 6.42 Å². The zero-order valence-corrected chi connectivity index (χ0v) is 11.9. The summed E-state index contributed by atoms with van der Waals surface area (Å²) in [6.07, 6.45) is 4.75. The van der Waals surface area contributed by atoms with Crippen molar-refractivity contribution in [1.29, 1.82) is 0 Å². The maximum Gasteiger partial charge on any atom is 0.119 e. The molecule has 17 heavy (non-hydrogen) atoms. The number of nitrogens with two attached hydrogens (primary N) is 1. The highest BCUT2D eigenvalue weighted by molar-refractivity contribution is 9.10. The lowest BCUT2D eigenvalue weighted by molar-refractivity contribution is 0.311. The molecule has 0 aromatic heterocycles. The lowest BCUT2D eigenvalue weighted by Crippen LogP contribution is -2.18. The van der Waals surface area contributed by atoms with Crippen molar-refractivity contribution in [3.05, 3.63) is 40.9 Å². The molecule has 94 valence electrons. The molecular weight excluding hydrogens is 278 g/mol. The summed E-state index contributed by atoms with van der Waals surface area (Å²) in [5, 5.41) is 0. The summed E-state index contributed by atoms with van der Waals surface area (Å²) in [7, 11) is 0. The van der Waals surface area contributed by atoms with E-state index >= 15 is 0 Å². The van der Waals surface area contributed by atoms with Gasteiger partial charge in [-0.25, -0.2) is 0 Å². The summed E-state index contributed by atoms with van der Waals surface area (Å²) in [5.74, 6) is 0.910. The number of benzene rings is 1. The monoisotopic (exact) mass is 297 g/mol. The van der Waals surface area contributed by atoms with Crippen LogP contribution in [0.3, 0.4) is 0 Å². The third-order valence-electron chi connectivity index (χ3n) is 2.38. The van der Waals surface area contributed by atoms with E-state index < -0.39 is 0 Å². The largest absolute Gasteiger partial charge is 0.494 e. The molecule has 0 heterocycles. The Bertz CT molecular complexity index is 363. The van der Waals surface area contributed by atoms with Gasteiger partial charge in [-0.05, 0) is 49.9 Å². The van der Waals surface area contributed by atoms with Crippen molar-refractivity contribution in [2.45, 2.75) is 32.2 Å². The molecule has 0 fully saturated rings. The molecule has 0 aliphatic rings. The Hall–Kier alpha value is -0.800. The van der Waals surface area contributed by atoms with Crippen molar-refractivity contribution in [2.75, 3.05) is 6.61 Å². The maximum absolute atomic E-state index is 5.81. The second-order valence-corrected chi connectivity index (χ2v) is 5.07. The van der Waals surface area contributed by atoms with Crippen molar-refractivity contribution >= 4 is 15.9 Å². The predicted octanol–water partition coefficient (Wildman–Crippen LogP) is 3.68. The van der Waals surface area contributed by atoms with E-state index in [0.717, 1.165) is 36.1 Å². The van der Waals surface area contributed by atoms with Crippen molar-refractivity contribution in [1.82, 2.24) is 0 Å². The zero-order valence-electron chi connectivity index (χ0n) is 10.3. The second-order valence-electron chi connectivity index (χ2n) is 4.21. The van der Waals surface area contributed by atoms with Crippen LogP contribution in [0.2, 0.25) is 0 Å². The summed E-state index contributed by atoms with van der Waals surface area (Å²) in [5.41, 5.74) is 7.01. The van der Waals surface area contributed by atoms with Crippen molar-refractivity contribution in [3.8, 4) is 5.75 Å². The molecule has 0 aliphatic heterocycles. The molecule has 0 spiro atoms. The molecule has 1 aromatic rings. The summed E-state index contributed by atoms with van der Waals surface area (Å²) >= 11 is 3.53. The van der Waals surface area contributed by atoms with Gasteiger partial charge < -0.3 is 10.5 Å². The van der Waals surface area contributed by atoms with Crippen LogP contribution in [0.4, 0.5) is 0 Å². The lowest BCUT2D eigenvalue weighted by atomic mass is 10.1. The smallest absolute Gasteiger partial charge is 0.119 e. The second kappa shape index (κ2) is 7.51. The van der Waals surface area contributed by atoms with Gasteiger partial charge in [0.2, 0.25) is 0 Å². The van der Waals surface area contributed by atoms with Gasteiger partial charge in [-0.1, -0.05) is 22.0 Å². The zero-order chi connectivity index (χ0) is 12.7. The van der Waals surface area contributed by atoms with Crippen LogP contribution in [0, 0.1) is 0 Å². The average Bonchev–Trinajstić information content (AvgIpc) is 2.28. The van der Waals surface area contributed by atoms with Crippen LogP contribution in [0.1, 0.15) is 25.3 Å². The Morgan fingerprint density at radius 3 is 2.94 bits per heavy atom. The van der Waals surface area contributed by atoms with Crippen LogP contribution in [0.5, 0.6) is 5.75 Å². The highest BCUT2D eigenvalue weighted by Gasteiger charge is 2.05. The number of halogens is 1. The van der Waals surface area contributed by atoms with E-state index in [1.54, 1.807) is 0 Å². The van der Waals surface area contributed by atoms with Gasteiger partial charge in [0.05, 0.1) is 6.61 Å². The first-order chi connectivity index (χ1) is 8.13. The molecule has 0 amide bonds. The fourth-order valence-corrected chi connectivity index (χ4v) is 1.97. The van der Waals surface area contributed by atoms with Gasteiger partial charge in [0, 0.05) is 10.5 Å². The van der Waals surface area contributed by atoms with Gasteiger partial charge >= 0.3 is 0 Å². The van der Waals surface area contributed by atoms with Crippen molar-refractivity contribution in [2.24, 2.45) is 5.73 Å². The molecule has 2 nitrogen and oxygen atoms in total. The fraction of sp³-hybridized carbons (Fsp3) is 0.429. The minimum absolute atomic E-state index is 0.155. The van der Waals surface area contributed by atoms with Crippen LogP contribution < -0.4 is 10.5 Å². The van der Waals surface area contributed by atoms with Crippen molar-refractivity contribution < 1.29 is 4.74 Å². The molecule has 0 saturated heterocycles. The summed E-state index contributed by atoms with van der Waals surface area (Å²) in [4.78, 5) is 0. The summed E-state index contributed by atoms with van der Waals surface area (Å²) in [6.45, 7) is 6.42. The molecule has 0 saturated carbocycles. The normalized spacial score (nSPS) is 12.2. The van der Waals surface area contributed by atoms with E-state index in [9.17, 15) is 0 Å². The van der Waals surface area contributed by atoms with E-state index in [4.69, 9.17) is 10.5 Å². The first kappa shape index (κ1) is 14.3. The maximum atomic E-state index is 5.81. The van der Waals surface area contributed by atoms with E-state index in [1.807, 2.05) is 25.1 Å². The summed E-state index contributed by atoms with van der Waals surface area (Å²) < 4.78 is 6.77. The highest BCUT2D eigenvalue weighted by atomic mass is 79.9. The van der Waals surface area contributed by atoms with Gasteiger partial charge in [0.25, 0.3) is 0 Å². The first-order valence-electron chi connectivity index (χ1n) is 5.91. The third kappa shape index (κ3) is 5.37. The first-order valence-corrected chi connectivity index (χ1v) is 6.70. The van der Waals surface area contributed by atoms with Crippen LogP contribution >= 0.6 is 15.9 Å². The Morgan fingerprint density at radius 2 is 2.29 bits per heavy atom. The molecule has 0 aliphatic carbocycles. The number of hydrogen-bond acceptors (Lipinski definition) is 2. The van der Waals surface area contributed by atoms with Crippen molar-refractivity contribution in [3.63, 3.8) is 0 Å². The Labute approximate surface area is 112 Å². The predicted molar refractivity (Wildman–Crippen MR) is 76.4 cm³/mol. The number of hydrogen-bond donors (Lipinski definition) is 1. The number of ether oxygens (including phenoxy) is 1. The van der Waals surface area contributed by atoms with Crippen LogP contribution in [-0.4, -0.2) is 12.6 Å². The Balaban J connectivity index is 2.58. The number of rotatable bonds is 7. The van der Waals surface area contributed by atoms with Gasteiger partial charge in [-0.3, -0.25) is 0 Å². The number of allylic oxidation sites excluding steroid dienone is 1. The number of unbranched alkanes of at least 4 members (excludes halogenated alkanes) is 1. The molecule has 3 heteroatoms. The molecular formula is C14H20BrNO. The topological polar surface area (TPSA) is 35.2 Å². The molecule has 0 radical (unpaired) electrons. The lowest BCUT2D eigenvalue weighted by Gasteiger charge is -2.11. The van der Waals surface area contributed by atoms with Gasteiger partial charge in [0.15, 0.2) is 0 Å². The fourth-order valence-electron chi connectivity index (χ4n) is 1.56. The highest BCUT2D eigenvalue weighted by Crippen LogP contribution is 2.23. The minimum atomic E-state index is 0.155. The van der Waals surface area contributed by atoms with E-state index in [0.29, 0.717) is 0 Å². The van der Waals surface area contributed by atoms with Gasteiger partial charge in [-0.15, -0.1) is 6.58 Å². The SMILES string of the molecule is C=CCCCOc1ccc(Br)c(CC(C)N)c1. The summed E-state index contributed by atoms with van der Waals surface area (Å²) in [6, 6.07) is 6.20. The van der Waals surface area contributed by atoms with Crippen LogP contribution in [0.25, 0.3) is 0 Å².